The number of likely N-dealkylation sites (tertiary alicyclic amines) is 2. The molecule has 168 valence electrons. The van der Waals surface area contributed by atoms with Crippen LogP contribution in [0.4, 0.5) is 4.79 Å². The highest BCUT2D eigenvalue weighted by atomic mass is 16.2. The van der Waals surface area contributed by atoms with E-state index in [2.05, 4.69) is 18.3 Å². The maximum Gasteiger partial charge on any atom is 0.319 e. The van der Waals surface area contributed by atoms with Gasteiger partial charge in [-0.25, -0.2) is 4.79 Å². The Labute approximate surface area is 181 Å². The molecular weight excluding hydrogens is 378 g/mol. The molecule has 0 aromatic carbocycles. The minimum atomic E-state index is -0.256. The topological polar surface area (TPSA) is 79.7 Å². The monoisotopic (exact) mass is 417 g/mol. The van der Waals surface area contributed by atoms with Gasteiger partial charge in [-0.3, -0.25) is 4.79 Å². The summed E-state index contributed by atoms with van der Waals surface area (Å²) in [5.41, 5.74) is -0.00610. The van der Waals surface area contributed by atoms with Gasteiger partial charge in [0.25, 0.3) is 0 Å². The molecule has 1 saturated carbocycles. The number of hydrogen-bond donors (Lipinski definition) is 1. The zero-order valence-electron chi connectivity index (χ0n) is 19.0. The van der Waals surface area contributed by atoms with Gasteiger partial charge < -0.3 is 20.0 Å². The lowest BCUT2D eigenvalue weighted by Crippen LogP contribution is -2.50. The van der Waals surface area contributed by atoms with Crippen molar-refractivity contribution in [3.8, 4) is 6.07 Å². The van der Waals surface area contributed by atoms with Crippen LogP contribution in [0.2, 0.25) is 0 Å². The van der Waals surface area contributed by atoms with Crippen molar-refractivity contribution in [1.82, 2.24) is 20.0 Å². The molecule has 0 radical (unpaired) electrons. The molecule has 3 aliphatic rings. The van der Waals surface area contributed by atoms with Gasteiger partial charge in [0.1, 0.15) is 6.04 Å². The van der Waals surface area contributed by atoms with Crippen LogP contribution in [0, 0.1) is 23.2 Å². The van der Waals surface area contributed by atoms with E-state index in [-0.39, 0.29) is 23.5 Å². The Morgan fingerprint density at radius 1 is 1.17 bits per heavy atom. The second kappa shape index (κ2) is 10.00. The molecule has 4 atom stereocenters. The van der Waals surface area contributed by atoms with E-state index >= 15 is 0 Å². The lowest BCUT2D eigenvalue weighted by Gasteiger charge is -2.34. The van der Waals surface area contributed by atoms with Crippen molar-refractivity contribution in [2.24, 2.45) is 11.8 Å². The smallest absolute Gasteiger partial charge is 0.319 e. The first-order chi connectivity index (χ1) is 14.4. The number of urea groups is 1. The molecule has 1 aliphatic carbocycles. The number of nitrogens with zero attached hydrogens (tertiary/aromatic N) is 4. The quantitative estimate of drug-likeness (QED) is 0.616. The van der Waals surface area contributed by atoms with E-state index in [1.807, 2.05) is 19.0 Å². The Bertz CT molecular complexity index is 644. The highest BCUT2D eigenvalue weighted by Crippen LogP contribution is 2.46. The fourth-order valence-corrected chi connectivity index (χ4v) is 5.82. The first kappa shape index (κ1) is 22.9. The summed E-state index contributed by atoms with van der Waals surface area (Å²) >= 11 is 0. The third kappa shape index (κ3) is 5.08. The van der Waals surface area contributed by atoms with Crippen LogP contribution < -0.4 is 5.32 Å². The van der Waals surface area contributed by atoms with Crippen molar-refractivity contribution >= 4 is 11.9 Å². The van der Waals surface area contributed by atoms with Gasteiger partial charge in [0, 0.05) is 39.3 Å². The number of fused-ring (bicyclic) bond motifs is 1. The summed E-state index contributed by atoms with van der Waals surface area (Å²) in [6, 6.07) is 2.13. The van der Waals surface area contributed by atoms with E-state index in [1.54, 1.807) is 9.80 Å². The number of nitriles is 1. The zero-order chi connectivity index (χ0) is 21.7. The minimum absolute atomic E-state index is 0.00610. The molecule has 3 fully saturated rings. The number of amides is 3. The maximum absolute atomic E-state index is 12.8. The predicted octanol–water partition coefficient (Wildman–Crippen LogP) is 2.82. The summed E-state index contributed by atoms with van der Waals surface area (Å²) in [7, 11) is 3.63. The third-order valence-electron chi connectivity index (χ3n) is 7.38. The van der Waals surface area contributed by atoms with Crippen LogP contribution >= 0.6 is 0 Å². The highest BCUT2D eigenvalue weighted by molar-refractivity contribution is 5.79. The van der Waals surface area contributed by atoms with Crippen LogP contribution in [0.1, 0.15) is 64.7 Å². The fourth-order valence-electron chi connectivity index (χ4n) is 5.82. The summed E-state index contributed by atoms with van der Waals surface area (Å²) in [6.07, 6.45) is 9.77. The summed E-state index contributed by atoms with van der Waals surface area (Å²) in [5.74, 6) is 1.09. The SMILES string of the molecule is CCCCCC[C@]1(NCC(=O)N2CCC[C@H]2C#N)C[C@H]2CN(C(=O)N(C)C)C[C@H]2C1. The minimum Gasteiger partial charge on any atom is -0.331 e. The van der Waals surface area contributed by atoms with Gasteiger partial charge in [-0.2, -0.15) is 5.26 Å². The lowest BCUT2D eigenvalue weighted by atomic mass is 9.88. The highest BCUT2D eigenvalue weighted by Gasteiger charge is 2.49. The van der Waals surface area contributed by atoms with E-state index in [9.17, 15) is 14.9 Å². The molecule has 0 aromatic heterocycles. The van der Waals surface area contributed by atoms with E-state index < -0.39 is 0 Å². The first-order valence-electron chi connectivity index (χ1n) is 11.8. The van der Waals surface area contributed by atoms with Crippen LogP contribution in [-0.4, -0.2) is 78.5 Å². The summed E-state index contributed by atoms with van der Waals surface area (Å²) in [4.78, 5) is 30.6. The van der Waals surface area contributed by atoms with Crippen molar-refractivity contribution in [2.45, 2.75) is 76.3 Å². The molecule has 7 heteroatoms. The summed E-state index contributed by atoms with van der Waals surface area (Å²) < 4.78 is 0. The van der Waals surface area contributed by atoms with Crippen molar-refractivity contribution in [2.75, 3.05) is 40.3 Å². The normalized spacial score (nSPS) is 30.4. The van der Waals surface area contributed by atoms with Crippen LogP contribution in [0.5, 0.6) is 0 Å². The van der Waals surface area contributed by atoms with Crippen LogP contribution in [0.3, 0.4) is 0 Å². The Morgan fingerprint density at radius 3 is 2.47 bits per heavy atom. The number of hydrogen-bond acceptors (Lipinski definition) is 4. The molecule has 0 unspecified atom stereocenters. The third-order valence-corrected chi connectivity index (χ3v) is 7.38. The Kier molecular flexibility index (Phi) is 7.62. The van der Waals surface area contributed by atoms with E-state index in [1.165, 1.54) is 25.7 Å². The Balaban J connectivity index is 1.60. The lowest BCUT2D eigenvalue weighted by molar-refractivity contribution is -0.130. The number of unbranched alkanes of at least 4 members (excludes halogenated alkanes) is 3. The number of carbonyl (C=O) groups is 2. The average Bonchev–Trinajstić information content (AvgIpc) is 3.42. The van der Waals surface area contributed by atoms with Gasteiger partial charge in [0.15, 0.2) is 0 Å². The molecule has 3 rings (SSSR count). The van der Waals surface area contributed by atoms with E-state index in [0.29, 0.717) is 24.9 Å². The van der Waals surface area contributed by atoms with Crippen molar-refractivity contribution in [3.63, 3.8) is 0 Å². The molecule has 30 heavy (non-hydrogen) atoms. The van der Waals surface area contributed by atoms with E-state index in [0.717, 1.165) is 45.2 Å². The standard InChI is InChI=1S/C23H39N5O2/c1-4-5-6-7-10-23(25-15-21(29)28-11-8-9-20(28)14-24)12-18-16-27(17-19(18)13-23)22(30)26(2)3/h18-20,25H,4-13,15-17H2,1-3H3/t18-,19+,20-,23-/m0/s1. The first-order valence-corrected chi connectivity index (χ1v) is 11.8. The largest absolute Gasteiger partial charge is 0.331 e. The fraction of sp³-hybridized carbons (Fsp3) is 0.870. The van der Waals surface area contributed by atoms with Crippen LogP contribution in [0.15, 0.2) is 0 Å². The number of nitrogens with one attached hydrogen (secondary N) is 1. The molecule has 2 saturated heterocycles. The average molecular weight is 418 g/mol. The molecule has 1 N–H and O–H groups in total. The molecule has 7 nitrogen and oxygen atoms in total. The molecule has 0 bridgehead atoms. The molecule has 2 aliphatic heterocycles. The van der Waals surface area contributed by atoms with Gasteiger partial charge in [-0.05, 0) is 43.9 Å². The van der Waals surface area contributed by atoms with Gasteiger partial charge in [-0.15, -0.1) is 0 Å². The van der Waals surface area contributed by atoms with Gasteiger partial charge >= 0.3 is 6.03 Å². The van der Waals surface area contributed by atoms with Gasteiger partial charge in [0.2, 0.25) is 5.91 Å². The Hall–Kier alpha value is -1.81. The number of rotatable bonds is 8. The second-order valence-corrected chi connectivity index (χ2v) is 9.83. The molecule has 2 heterocycles. The molecule has 0 spiro atoms. The van der Waals surface area contributed by atoms with Gasteiger partial charge in [0.05, 0.1) is 12.6 Å². The maximum atomic E-state index is 12.8. The number of carbonyl (C=O) groups excluding carboxylic acids is 2. The van der Waals surface area contributed by atoms with Gasteiger partial charge in [-0.1, -0.05) is 32.6 Å². The van der Waals surface area contributed by atoms with Crippen molar-refractivity contribution in [3.05, 3.63) is 0 Å². The van der Waals surface area contributed by atoms with Crippen molar-refractivity contribution < 1.29 is 9.59 Å². The zero-order valence-corrected chi connectivity index (χ0v) is 19.0. The van der Waals surface area contributed by atoms with E-state index in [4.69, 9.17) is 0 Å². The molecular formula is C23H39N5O2. The second-order valence-electron chi connectivity index (χ2n) is 9.83. The van der Waals surface area contributed by atoms with Crippen LogP contribution in [0.25, 0.3) is 0 Å². The summed E-state index contributed by atoms with van der Waals surface area (Å²) in [6.45, 7) is 4.92. The predicted molar refractivity (Wildman–Crippen MR) is 117 cm³/mol. The molecule has 0 aromatic rings. The van der Waals surface area contributed by atoms with Crippen LogP contribution in [-0.2, 0) is 4.79 Å². The Morgan fingerprint density at radius 2 is 1.87 bits per heavy atom. The van der Waals surface area contributed by atoms with Crippen molar-refractivity contribution in [1.29, 1.82) is 5.26 Å². The molecule has 3 amide bonds. The summed E-state index contributed by atoms with van der Waals surface area (Å²) in [5, 5.41) is 13.0.